The molecule has 0 saturated heterocycles. The van der Waals surface area contributed by atoms with Crippen LogP contribution in [0.25, 0.3) is 27.4 Å². The zero-order valence-corrected chi connectivity index (χ0v) is 16.6. The fourth-order valence-electron chi connectivity index (χ4n) is 3.44. The summed E-state index contributed by atoms with van der Waals surface area (Å²) in [4.78, 5) is 14.0. The number of nitrogens with zero attached hydrogens (tertiary/aromatic N) is 4. The molecule has 0 N–H and O–H groups in total. The van der Waals surface area contributed by atoms with E-state index < -0.39 is 0 Å². The molecule has 3 heterocycles. The molecule has 0 atom stereocenters. The Kier molecular flexibility index (Phi) is 4.37. The van der Waals surface area contributed by atoms with E-state index in [1.807, 2.05) is 77.5 Å². The number of aryl methyl sites for hydroxylation is 1. The smallest absolute Gasteiger partial charge is 0.287 e. The van der Waals surface area contributed by atoms with Crippen molar-refractivity contribution in [3.63, 3.8) is 0 Å². The van der Waals surface area contributed by atoms with Gasteiger partial charge in [0.2, 0.25) is 5.78 Å². The predicted octanol–water partition coefficient (Wildman–Crippen LogP) is 4.16. The maximum Gasteiger partial charge on any atom is 0.287 e. The monoisotopic (exact) mass is 402 g/mol. The maximum absolute atomic E-state index is 13.2. The number of rotatable bonds is 5. The molecule has 7 heteroatoms. The van der Waals surface area contributed by atoms with E-state index in [1.54, 1.807) is 4.40 Å². The Bertz CT molecular complexity index is 1350. The third-order valence-electron chi connectivity index (χ3n) is 4.86. The summed E-state index contributed by atoms with van der Waals surface area (Å²) >= 11 is 1.48. The standard InChI is InChI=1S/C22H18N4O2S/c1-15-8-10-16(11-9-15)28-13-12-25-17-5-2-3-6-18(17)26-21(27)20(23-24-22(25)26)19-7-4-14-29-19/h2-11,14H,12-13H2,1H3. The molecule has 0 bridgehead atoms. The fourth-order valence-corrected chi connectivity index (χ4v) is 4.14. The van der Waals surface area contributed by atoms with Crippen LogP contribution in [-0.2, 0) is 6.54 Å². The molecule has 0 saturated carbocycles. The molecule has 0 fully saturated rings. The van der Waals surface area contributed by atoms with Crippen molar-refractivity contribution >= 4 is 28.1 Å². The van der Waals surface area contributed by atoms with Crippen molar-refractivity contribution in [3.8, 4) is 16.3 Å². The van der Waals surface area contributed by atoms with Gasteiger partial charge in [-0.2, -0.15) is 0 Å². The van der Waals surface area contributed by atoms with Crippen molar-refractivity contribution in [1.82, 2.24) is 19.2 Å². The van der Waals surface area contributed by atoms with Crippen LogP contribution in [0.4, 0.5) is 0 Å². The Hall–Kier alpha value is -3.45. The van der Waals surface area contributed by atoms with Gasteiger partial charge in [0.05, 0.1) is 22.5 Å². The van der Waals surface area contributed by atoms with Crippen LogP contribution in [0.1, 0.15) is 5.56 Å². The number of hydrogen-bond acceptors (Lipinski definition) is 5. The second kappa shape index (κ2) is 7.18. The Balaban J connectivity index is 1.56. The molecule has 144 valence electrons. The maximum atomic E-state index is 13.2. The van der Waals surface area contributed by atoms with Crippen molar-refractivity contribution in [2.45, 2.75) is 13.5 Å². The number of thiophene rings is 1. The molecule has 0 spiro atoms. The molecule has 5 rings (SSSR count). The Morgan fingerprint density at radius 1 is 0.966 bits per heavy atom. The normalized spacial score (nSPS) is 11.3. The summed E-state index contributed by atoms with van der Waals surface area (Å²) in [6.07, 6.45) is 0. The number of aromatic nitrogens is 4. The van der Waals surface area contributed by atoms with Gasteiger partial charge >= 0.3 is 0 Å². The minimum Gasteiger partial charge on any atom is -0.492 e. The van der Waals surface area contributed by atoms with Crippen molar-refractivity contribution < 1.29 is 4.74 Å². The molecule has 0 aliphatic rings. The van der Waals surface area contributed by atoms with Crippen LogP contribution in [0.2, 0.25) is 0 Å². The lowest BCUT2D eigenvalue weighted by atomic mass is 10.2. The van der Waals surface area contributed by atoms with Crippen LogP contribution < -0.4 is 10.3 Å². The Labute approximate surface area is 170 Å². The van der Waals surface area contributed by atoms with E-state index >= 15 is 0 Å². The van der Waals surface area contributed by atoms with Gasteiger partial charge in [-0.25, -0.2) is 4.40 Å². The molecular weight excluding hydrogens is 384 g/mol. The number of ether oxygens (including phenoxy) is 1. The summed E-state index contributed by atoms with van der Waals surface area (Å²) in [5, 5.41) is 10.6. The van der Waals surface area contributed by atoms with Gasteiger partial charge in [-0.1, -0.05) is 35.9 Å². The lowest BCUT2D eigenvalue weighted by Crippen LogP contribution is -2.19. The predicted molar refractivity (Wildman–Crippen MR) is 115 cm³/mol. The highest BCUT2D eigenvalue weighted by atomic mass is 32.1. The van der Waals surface area contributed by atoms with Crippen LogP contribution in [0, 0.1) is 6.92 Å². The van der Waals surface area contributed by atoms with Crippen LogP contribution in [0.5, 0.6) is 5.75 Å². The van der Waals surface area contributed by atoms with Crippen molar-refractivity contribution in [3.05, 3.63) is 82.0 Å². The van der Waals surface area contributed by atoms with Gasteiger partial charge in [0.15, 0.2) is 5.69 Å². The number of hydrogen-bond donors (Lipinski definition) is 0. The highest BCUT2D eigenvalue weighted by molar-refractivity contribution is 7.13. The van der Waals surface area contributed by atoms with Crippen LogP contribution in [-0.4, -0.2) is 25.8 Å². The molecule has 0 aliphatic heterocycles. The number of fused-ring (bicyclic) bond motifs is 3. The van der Waals surface area contributed by atoms with Crippen molar-refractivity contribution in [2.75, 3.05) is 6.61 Å². The third kappa shape index (κ3) is 3.09. The third-order valence-corrected chi connectivity index (χ3v) is 5.74. The summed E-state index contributed by atoms with van der Waals surface area (Å²) in [7, 11) is 0. The quantitative estimate of drug-likeness (QED) is 0.443. The van der Waals surface area contributed by atoms with Crippen molar-refractivity contribution in [1.29, 1.82) is 0 Å². The van der Waals surface area contributed by atoms with Crippen LogP contribution in [0.15, 0.2) is 70.8 Å². The average Bonchev–Trinajstić information content (AvgIpc) is 3.37. The van der Waals surface area contributed by atoms with Crippen molar-refractivity contribution in [2.24, 2.45) is 0 Å². The van der Waals surface area contributed by atoms with Gasteiger partial charge in [0, 0.05) is 0 Å². The fraction of sp³-hybridized carbons (Fsp3) is 0.136. The second-order valence-corrected chi connectivity index (χ2v) is 7.72. The summed E-state index contributed by atoms with van der Waals surface area (Å²) in [5.74, 6) is 1.34. The minimum absolute atomic E-state index is 0.160. The van der Waals surface area contributed by atoms with E-state index in [-0.39, 0.29) is 5.56 Å². The highest BCUT2D eigenvalue weighted by Gasteiger charge is 2.17. The first-order valence-corrected chi connectivity index (χ1v) is 10.2. The summed E-state index contributed by atoms with van der Waals surface area (Å²) in [6, 6.07) is 19.5. The molecule has 2 aromatic carbocycles. The topological polar surface area (TPSA) is 61.4 Å². The lowest BCUT2D eigenvalue weighted by molar-refractivity contribution is 0.301. The summed E-state index contributed by atoms with van der Waals surface area (Å²) in [5.41, 5.74) is 3.14. The molecule has 0 amide bonds. The first-order chi connectivity index (χ1) is 14.2. The molecule has 29 heavy (non-hydrogen) atoms. The average molecular weight is 402 g/mol. The molecule has 0 aliphatic carbocycles. The molecule has 5 aromatic rings. The van der Waals surface area contributed by atoms with Gasteiger partial charge in [-0.15, -0.1) is 21.5 Å². The SMILES string of the molecule is Cc1ccc(OCCn2c3ccccc3n3c(=O)c(-c4cccs4)nnc23)cc1. The first kappa shape index (κ1) is 17.6. The number of para-hydroxylation sites is 2. The highest BCUT2D eigenvalue weighted by Crippen LogP contribution is 2.22. The zero-order valence-electron chi connectivity index (χ0n) is 15.8. The minimum atomic E-state index is -0.160. The number of benzene rings is 2. The van der Waals surface area contributed by atoms with Gasteiger partial charge in [-0.3, -0.25) is 4.79 Å². The van der Waals surface area contributed by atoms with Gasteiger partial charge in [0.1, 0.15) is 12.4 Å². The van der Waals surface area contributed by atoms with E-state index in [1.165, 1.54) is 16.9 Å². The Morgan fingerprint density at radius 2 is 1.76 bits per heavy atom. The molecule has 0 radical (unpaired) electrons. The van der Waals surface area contributed by atoms with E-state index in [4.69, 9.17) is 4.74 Å². The summed E-state index contributed by atoms with van der Waals surface area (Å²) < 4.78 is 9.51. The van der Waals surface area contributed by atoms with E-state index in [2.05, 4.69) is 10.2 Å². The van der Waals surface area contributed by atoms with E-state index in [9.17, 15) is 4.79 Å². The zero-order chi connectivity index (χ0) is 19.8. The van der Waals surface area contributed by atoms with E-state index in [0.29, 0.717) is 24.6 Å². The lowest BCUT2D eigenvalue weighted by Gasteiger charge is -2.08. The molecule has 0 unspecified atom stereocenters. The first-order valence-electron chi connectivity index (χ1n) is 9.32. The largest absolute Gasteiger partial charge is 0.492 e. The van der Waals surface area contributed by atoms with Gasteiger partial charge < -0.3 is 9.30 Å². The van der Waals surface area contributed by atoms with Gasteiger partial charge in [-0.05, 0) is 42.6 Å². The Morgan fingerprint density at radius 3 is 2.52 bits per heavy atom. The van der Waals surface area contributed by atoms with E-state index in [0.717, 1.165) is 21.7 Å². The molecular formula is C22H18N4O2S. The molecule has 6 nitrogen and oxygen atoms in total. The van der Waals surface area contributed by atoms with Crippen LogP contribution in [0.3, 0.4) is 0 Å². The number of imidazole rings is 1. The van der Waals surface area contributed by atoms with Gasteiger partial charge in [0.25, 0.3) is 5.56 Å². The van der Waals surface area contributed by atoms with Crippen LogP contribution >= 0.6 is 11.3 Å². The summed E-state index contributed by atoms with van der Waals surface area (Å²) in [6.45, 7) is 3.06. The second-order valence-electron chi connectivity index (χ2n) is 6.77. The molecule has 3 aromatic heterocycles.